The Labute approximate surface area is 76.7 Å². The van der Waals surface area contributed by atoms with Gasteiger partial charge in [-0.05, 0) is 19.9 Å². The maximum Gasteiger partial charge on any atom is 0.0173 e. The van der Waals surface area contributed by atoms with E-state index in [2.05, 4.69) is 18.4 Å². The minimum absolute atomic E-state index is 0.848. The fourth-order valence-corrected chi connectivity index (χ4v) is 0.485. The van der Waals surface area contributed by atoms with Crippen molar-refractivity contribution in [3.8, 4) is 11.8 Å². The fraction of sp³-hybridized carbons (Fsp3) is 0.333. The lowest BCUT2D eigenvalue weighted by Gasteiger charge is -1.79. The van der Waals surface area contributed by atoms with Crippen molar-refractivity contribution in [3.63, 3.8) is 0 Å². The summed E-state index contributed by atoms with van der Waals surface area (Å²) in [5.74, 6) is 5.61. The summed E-state index contributed by atoms with van der Waals surface area (Å²) in [7, 11) is 0. The van der Waals surface area contributed by atoms with Crippen molar-refractivity contribution in [3.05, 3.63) is 36.5 Å². The van der Waals surface area contributed by atoms with E-state index < -0.39 is 0 Å². The molecule has 0 radical (unpaired) electrons. The van der Waals surface area contributed by atoms with E-state index >= 15 is 0 Å². The van der Waals surface area contributed by atoms with Crippen molar-refractivity contribution in [2.24, 2.45) is 0 Å². The second-order valence-electron chi connectivity index (χ2n) is 1.79. The Kier molecular flexibility index (Phi) is 13.9. The summed E-state index contributed by atoms with van der Waals surface area (Å²) in [4.78, 5) is 0. The fourth-order valence-electron chi connectivity index (χ4n) is 0.485. The molecule has 0 saturated carbocycles. The zero-order chi connectivity index (χ0) is 9.82. The lowest BCUT2D eigenvalue weighted by Crippen LogP contribution is -1.63. The Morgan fingerprint density at radius 1 is 1.25 bits per heavy atom. The monoisotopic (exact) mass is 162 g/mol. The maximum absolute atomic E-state index is 3.72. The molecule has 0 spiro atoms. The second kappa shape index (κ2) is 12.5. The van der Waals surface area contributed by atoms with Gasteiger partial charge in [-0.3, -0.25) is 0 Å². The van der Waals surface area contributed by atoms with Gasteiger partial charge in [-0.2, -0.15) is 0 Å². The van der Waals surface area contributed by atoms with Crippen LogP contribution in [0, 0.1) is 11.8 Å². The predicted molar refractivity (Wildman–Crippen MR) is 57.9 cm³/mol. The summed E-state index contributed by atoms with van der Waals surface area (Å²) in [5.41, 5.74) is 0.848. The summed E-state index contributed by atoms with van der Waals surface area (Å²) < 4.78 is 0. The zero-order valence-corrected chi connectivity index (χ0v) is 8.52. The molecule has 0 fully saturated rings. The molecule has 0 bridgehead atoms. The first-order chi connectivity index (χ1) is 5.81. The summed E-state index contributed by atoms with van der Waals surface area (Å²) in [6, 6.07) is 0. The van der Waals surface area contributed by atoms with Crippen LogP contribution in [0.25, 0.3) is 0 Å². The number of allylic oxidation sites excluding steroid dienone is 5. The second-order valence-corrected chi connectivity index (χ2v) is 1.79. The number of hydrogen-bond acceptors (Lipinski definition) is 0. The maximum atomic E-state index is 3.72. The molecular formula is C12H18. The Morgan fingerprint density at radius 2 is 1.83 bits per heavy atom. The van der Waals surface area contributed by atoms with E-state index in [9.17, 15) is 0 Å². The van der Waals surface area contributed by atoms with Crippen molar-refractivity contribution < 1.29 is 0 Å². The van der Waals surface area contributed by atoms with Crippen LogP contribution in [-0.2, 0) is 0 Å². The molecule has 0 aromatic rings. The van der Waals surface area contributed by atoms with Crippen LogP contribution in [-0.4, -0.2) is 0 Å². The Bertz CT molecular complexity index is 206. The van der Waals surface area contributed by atoms with Gasteiger partial charge >= 0.3 is 0 Å². The number of hydrogen-bond donors (Lipinski definition) is 0. The van der Waals surface area contributed by atoms with Crippen LogP contribution in [0.3, 0.4) is 0 Å². The molecule has 0 atom stereocenters. The third-order valence-electron chi connectivity index (χ3n) is 0.887. The van der Waals surface area contributed by atoms with Crippen molar-refractivity contribution in [1.29, 1.82) is 0 Å². The van der Waals surface area contributed by atoms with Gasteiger partial charge in [0.1, 0.15) is 0 Å². The highest BCUT2D eigenvalue weighted by molar-refractivity contribution is 5.36. The normalized spacial score (nSPS) is 8.67. The first-order valence-corrected chi connectivity index (χ1v) is 4.22. The average molecular weight is 162 g/mol. The van der Waals surface area contributed by atoms with Crippen LogP contribution in [0.1, 0.15) is 27.7 Å². The third kappa shape index (κ3) is 11.6. The molecule has 66 valence electrons. The van der Waals surface area contributed by atoms with Crippen LogP contribution in [0.5, 0.6) is 0 Å². The molecule has 0 heterocycles. The topological polar surface area (TPSA) is 0 Å². The summed E-state index contributed by atoms with van der Waals surface area (Å²) in [6.45, 7) is 11.5. The molecule has 0 amide bonds. The highest BCUT2D eigenvalue weighted by atomic mass is 13.8. The Hall–Kier alpha value is -1.22. The molecular weight excluding hydrogens is 144 g/mol. The van der Waals surface area contributed by atoms with Gasteiger partial charge in [0.25, 0.3) is 0 Å². The molecule has 12 heavy (non-hydrogen) atoms. The molecule has 0 aromatic heterocycles. The average Bonchev–Trinajstić information content (AvgIpc) is 2.09. The highest BCUT2D eigenvalue weighted by Crippen LogP contribution is 1.89. The van der Waals surface area contributed by atoms with Gasteiger partial charge in [0.05, 0.1) is 0 Å². The van der Waals surface area contributed by atoms with Crippen LogP contribution in [0.4, 0.5) is 0 Å². The predicted octanol–water partition coefficient (Wildman–Crippen LogP) is 3.72. The lowest BCUT2D eigenvalue weighted by atomic mass is 10.3. The first-order valence-electron chi connectivity index (χ1n) is 4.22. The standard InChI is InChI=1S/C10H12.C2H6/c1-4-6-7-9-10(3)8-5-2;1-2/h4,6-7,9H,3H2,1-2H3;1-2H3/b6-4-,9-7-;. The Balaban J connectivity index is 0. The van der Waals surface area contributed by atoms with Crippen molar-refractivity contribution in [2.45, 2.75) is 27.7 Å². The van der Waals surface area contributed by atoms with Crippen molar-refractivity contribution in [2.75, 3.05) is 0 Å². The smallest absolute Gasteiger partial charge is 0.0173 e. The van der Waals surface area contributed by atoms with Gasteiger partial charge in [0.15, 0.2) is 0 Å². The molecule has 0 rings (SSSR count). The molecule has 0 aliphatic rings. The van der Waals surface area contributed by atoms with Gasteiger partial charge in [0.2, 0.25) is 0 Å². The largest absolute Gasteiger partial charge is 0.101 e. The van der Waals surface area contributed by atoms with E-state index in [0.717, 1.165) is 5.57 Å². The van der Waals surface area contributed by atoms with E-state index in [0.29, 0.717) is 0 Å². The molecule has 0 N–H and O–H groups in total. The number of rotatable bonds is 2. The molecule has 0 aliphatic heterocycles. The van der Waals surface area contributed by atoms with Crippen molar-refractivity contribution in [1.82, 2.24) is 0 Å². The van der Waals surface area contributed by atoms with Gasteiger partial charge in [-0.15, -0.1) is 5.92 Å². The minimum Gasteiger partial charge on any atom is -0.101 e. The minimum atomic E-state index is 0.848. The van der Waals surface area contributed by atoms with E-state index in [1.165, 1.54) is 0 Å². The molecule has 0 aliphatic carbocycles. The summed E-state index contributed by atoms with van der Waals surface area (Å²) in [6.07, 6.45) is 7.72. The van der Waals surface area contributed by atoms with Crippen LogP contribution < -0.4 is 0 Å². The van der Waals surface area contributed by atoms with E-state index in [-0.39, 0.29) is 0 Å². The zero-order valence-electron chi connectivity index (χ0n) is 8.52. The summed E-state index contributed by atoms with van der Waals surface area (Å²) >= 11 is 0. The van der Waals surface area contributed by atoms with Gasteiger partial charge in [0, 0.05) is 5.57 Å². The lowest BCUT2D eigenvalue weighted by molar-refractivity contribution is 1.50. The van der Waals surface area contributed by atoms with Crippen LogP contribution in [0.2, 0.25) is 0 Å². The van der Waals surface area contributed by atoms with Crippen LogP contribution >= 0.6 is 0 Å². The summed E-state index contributed by atoms with van der Waals surface area (Å²) in [5, 5.41) is 0. The molecule has 0 heteroatoms. The quantitative estimate of drug-likeness (QED) is 0.429. The van der Waals surface area contributed by atoms with E-state index in [1.807, 2.05) is 45.1 Å². The van der Waals surface area contributed by atoms with Gasteiger partial charge in [-0.1, -0.05) is 44.6 Å². The van der Waals surface area contributed by atoms with E-state index in [4.69, 9.17) is 0 Å². The van der Waals surface area contributed by atoms with Gasteiger partial charge in [-0.25, -0.2) is 0 Å². The third-order valence-corrected chi connectivity index (χ3v) is 0.887. The molecule has 0 unspecified atom stereocenters. The van der Waals surface area contributed by atoms with Gasteiger partial charge < -0.3 is 0 Å². The SMILES string of the molecule is C=C(C#CC)/C=C\C=C/C.CC. The molecule has 0 nitrogen and oxygen atoms in total. The molecule has 0 aromatic carbocycles. The first kappa shape index (κ1) is 13.4. The molecule has 0 saturated heterocycles. The van der Waals surface area contributed by atoms with E-state index in [1.54, 1.807) is 6.92 Å². The Morgan fingerprint density at radius 3 is 2.25 bits per heavy atom. The van der Waals surface area contributed by atoms with Crippen molar-refractivity contribution >= 4 is 0 Å². The highest BCUT2D eigenvalue weighted by Gasteiger charge is 1.73. The van der Waals surface area contributed by atoms with Crippen LogP contribution in [0.15, 0.2) is 36.5 Å².